The van der Waals surface area contributed by atoms with Gasteiger partial charge in [0.05, 0.1) is 6.61 Å². The van der Waals surface area contributed by atoms with Crippen LogP contribution < -0.4 is 9.47 Å². The van der Waals surface area contributed by atoms with Crippen LogP contribution in [0.2, 0.25) is 0 Å². The molecule has 2 aromatic carbocycles. The predicted octanol–water partition coefficient (Wildman–Crippen LogP) is 5.51. The molecule has 0 saturated heterocycles. The van der Waals surface area contributed by atoms with E-state index in [0.29, 0.717) is 6.61 Å². The van der Waals surface area contributed by atoms with Crippen LogP contribution in [0.15, 0.2) is 42.0 Å². The van der Waals surface area contributed by atoms with E-state index in [9.17, 15) is 10.2 Å². The molecule has 2 N–H and O–H groups in total. The first-order chi connectivity index (χ1) is 13.7. The van der Waals surface area contributed by atoms with Gasteiger partial charge in [0.15, 0.2) is 0 Å². The first-order valence-electron chi connectivity index (χ1n) is 10.1. The van der Waals surface area contributed by atoms with Crippen LogP contribution in [0.25, 0.3) is 6.08 Å². The van der Waals surface area contributed by atoms with E-state index in [1.807, 2.05) is 0 Å². The summed E-state index contributed by atoms with van der Waals surface area (Å²) in [5.74, 6) is 2.00. The summed E-state index contributed by atoms with van der Waals surface area (Å²) < 4.78 is 12.6. The summed E-state index contributed by atoms with van der Waals surface area (Å²) in [6, 6.07) is 6.91. The number of ether oxygens (including phenoxy) is 2. The van der Waals surface area contributed by atoms with Gasteiger partial charge in [-0.2, -0.15) is 0 Å². The molecule has 0 spiro atoms. The number of phenolic OH excluding ortho intramolecular Hbond substituents is 2. The Balaban J connectivity index is 1.77. The molecule has 0 radical (unpaired) electrons. The number of rotatable bonds is 3. The summed E-state index contributed by atoms with van der Waals surface area (Å²) in [6.07, 6.45) is 7.94. The maximum atomic E-state index is 10.3. The highest BCUT2D eigenvalue weighted by molar-refractivity contribution is 5.69. The fraction of sp³-hybridized carbons (Fsp3) is 0.360. The summed E-state index contributed by atoms with van der Waals surface area (Å²) in [5, 5.41) is 19.9. The Labute approximate surface area is 172 Å². The van der Waals surface area contributed by atoms with Crippen LogP contribution in [0.4, 0.5) is 0 Å². The van der Waals surface area contributed by atoms with E-state index < -0.39 is 0 Å². The van der Waals surface area contributed by atoms with Crippen LogP contribution in [0.5, 0.6) is 23.0 Å². The summed E-state index contributed by atoms with van der Waals surface area (Å²) in [7, 11) is 0. The van der Waals surface area contributed by atoms with Crippen molar-refractivity contribution < 1.29 is 19.7 Å². The first-order valence-corrected chi connectivity index (χ1v) is 10.1. The van der Waals surface area contributed by atoms with E-state index in [-0.39, 0.29) is 23.0 Å². The van der Waals surface area contributed by atoms with Crippen molar-refractivity contribution >= 4 is 6.08 Å². The molecule has 0 amide bonds. The Bertz CT molecular complexity index is 1010. The van der Waals surface area contributed by atoms with Gasteiger partial charge < -0.3 is 19.7 Å². The monoisotopic (exact) mass is 392 g/mol. The van der Waals surface area contributed by atoms with Crippen molar-refractivity contribution in [3.63, 3.8) is 0 Å². The summed E-state index contributed by atoms with van der Waals surface area (Å²) in [6.45, 7) is 8.78. The minimum absolute atomic E-state index is 0.0300. The smallest absolute Gasteiger partial charge is 0.135 e. The molecule has 1 atom stereocenters. The Morgan fingerprint density at radius 1 is 1.17 bits per heavy atom. The predicted molar refractivity (Wildman–Crippen MR) is 115 cm³/mol. The van der Waals surface area contributed by atoms with Crippen molar-refractivity contribution in [3.8, 4) is 23.0 Å². The second-order valence-electron chi connectivity index (χ2n) is 8.74. The molecular formula is C25H28O4. The quantitative estimate of drug-likeness (QED) is 0.676. The van der Waals surface area contributed by atoms with E-state index in [4.69, 9.17) is 9.47 Å². The number of hydrogen-bond acceptors (Lipinski definition) is 4. The molecule has 2 heterocycles. The standard InChI is InChI=1S/C25H28O4/c1-15(2)5-7-21-23-17(11-16-9-10-25(3,4)29-24(16)21)12-18(14-28-23)20-8-6-19(26)13-22(20)27/h5-6,8-11,13,18,26-27H,7,12,14H2,1-4H3. The average Bonchev–Trinajstić information content (AvgIpc) is 2.64. The summed E-state index contributed by atoms with van der Waals surface area (Å²) in [5.41, 5.74) is 4.98. The third-order valence-corrected chi connectivity index (χ3v) is 5.52. The topological polar surface area (TPSA) is 58.9 Å². The number of phenols is 2. The van der Waals surface area contributed by atoms with E-state index in [2.05, 4.69) is 52.0 Å². The van der Waals surface area contributed by atoms with Crippen molar-refractivity contribution in [2.45, 2.75) is 52.1 Å². The molecule has 152 valence electrons. The molecule has 1 unspecified atom stereocenters. The van der Waals surface area contributed by atoms with Gasteiger partial charge in [-0.05, 0) is 64.3 Å². The number of hydrogen-bond donors (Lipinski definition) is 2. The molecule has 2 aliphatic heterocycles. The number of aromatic hydroxyl groups is 2. The fourth-order valence-electron chi connectivity index (χ4n) is 4.03. The minimum Gasteiger partial charge on any atom is -0.508 e. The molecule has 0 bridgehead atoms. The van der Waals surface area contributed by atoms with Crippen LogP contribution in [0, 0.1) is 0 Å². The molecule has 4 rings (SSSR count). The lowest BCUT2D eigenvalue weighted by Gasteiger charge is -2.34. The zero-order valence-electron chi connectivity index (χ0n) is 17.5. The highest BCUT2D eigenvalue weighted by Crippen LogP contribution is 2.46. The number of fused-ring (bicyclic) bond motifs is 2. The van der Waals surface area contributed by atoms with Gasteiger partial charge in [-0.25, -0.2) is 0 Å². The van der Waals surface area contributed by atoms with Gasteiger partial charge in [-0.3, -0.25) is 0 Å². The van der Waals surface area contributed by atoms with Crippen LogP contribution >= 0.6 is 0 Å². The van der Waals surface area contributed by atoms with Gasteiger partial charge in [0.1, 0.15) is 28.6 Å². The molecule has 0 aliphatic carbocycles. The van der Waals surface area contributed by atoms with Gasteiger partial charge in [0.25, 0.3) is 0 Å². The second kappa shape index (κ2) is 7.18. The van der Waals surface area contributed by atoms with E-state index in [0.717, 1.165) is 46.6 Å². The van der Waals surface area contributed by atoms with Crippen molar-refractivity contribution in [1.29, 1.82) is 0 Å². The molecular weight excluding hydrogens is 364 g/mol. The number of allylic oxidation sites excluding steroid dienone is 2. The Morgan fingerprint density at radius 2 is 1.97 bits per heavy atom. The molecule has 0 saturated carbocycles. The fourth-order valence-corrected chi connectivity index (χ4v) is 4.03. The SMILES string of the molecule is CC(C)=CCc1c2c(cc3c1OCC(c1ccc(O)cc1O)C3)C=CC(C)(C)O2. The molecule has 4 heteroatoms. The maximum absolute atomic E-state index is 10.3. The second-order valence-corrected chi connectivity index (χ2v) is 8.74. The van der Waals surface area contributed by atoms with E-state index >= 15 is 0 Å². The van der Waals surface area contributed by atoms with Crippen LogP contribution in [0.3, 0.4) is 0 Å². The van der Waals surface area contributed by atoms with Crippen molar-refractivity contribution in [1.82, 2.24) is 0 Å². The molecule has 2 aliphatic rings. The summed E-state index contributed by atoms with van der Waals surface area (Å²) in [4.78, 5) is 0. The molecule has 2 aromatic rings. The minimum atomic E-state index is -0.351. The normalized spacial score (nSPS) is 18.8. The Kier molecular flexibility index (Phi) is 4.81. The van der Waals surface area contributed by atoms with Crippen LogP contribution in [-0.4, -0.2) is 22.4 Å². The highest BCUT2D eigenvalue weighted by atomic mass is 16.5. The van der Waals surface area contributed by atoms with Gasteiger partial charge >= 0.3 is 0 Å². The largest absolute Gasteiger partial charge is 0.508 e. The third-order valence-electron chi connectivity index (χ3n) is 5.52. The van der Waals surface area contributed by atoms with Crippen molar-refractivity contribution in [3.05, 3.63) is 64.2 Å². The van der Waals surface area contributed by atoms with E-state index in [1.165, 1.54) is 11.6 Å². The molecule has 4 nitrogen and oxygen atoms in total. The molecule has 0 aromatic heterocycles. The zero-order valence-corrected chi connectivity index (χ0v) is 17.5. The first kappa shape index (κ1) is 19.4. The maximum Gasteiger partial charge on any atom is 0.135 e. The zero-order chi connectivity index (χ0) is 20.8. The third kappa shape index (κ3) is 3.84. The molecule has 29 heavy (non-hydrogen) atoms. The lowest BCUT2D eigenvalue weighted by Crippen LogP contribution is -2.29. The average molecular weight is 392 g/mol. The lowest BCUT2D eigenvalue weighted by molar-refractivity contribution is 0.155. The van der Waals surface area contributed by atoms with Crippen LogP contribution in [-0.2, 0) is 12.8 Å². The van der Waals surface area contributed by atoms with Crippen molar-refractivity contribution in [2.24, 2.45) is 0 Å². The van der Waals surface area contributed by atoms with Crippen LogP contribution in [0.1, 0.15) is 55.9 Å². The Hall–Kier alpha value is -2.88. The van der Waals surface area contributed by atoms with Crippen molar-refractivity contribution in [2.75, 3.05) is 6.61 Å². The summed E-state index contributed by atoms with van der Waals surface area (Å²) >= 11 is 0. The van der Waals surface area contributed by atoms with Gasteiger partial charge in [-0.15, -0.1) is 0 Å². The molecule has 0 fully saturated rings. The van der Waals surface area contributed by atoms with E-state index in [1.54, 1.807) is 12.1 Å². The highest BCUT2D eigenvalue weighted by Gasteiger charge is 2.31. The van der Waals surface area contributed by atoms with Gasteiger partial charge in [0, 0.05) is 28.7 Å². The Morgan fingerprint density at radius 3 is 2.69 bits per heavy atom. The number of benzene rings is 2. The van der Waals surface area contributed by atoms with Gasteiger partial charge in [0.2, 0.25) is 0 Å². The lowest BCUT2D eigenvalue weighted by atomic mass is 9.86. The van der Waals surface area contributed by atoms with Gasteiger partial charge in [-0.1, -0.05) is 23.8 Å².